The van der Waals surface area contributed by atoms with Gasteiger partial charge in [-0.2, -0.15) is 0 Å². The van der Waals surface area contributed by atoms with Gasteiger partial charge < -0.3 is 9.47 Å². The second-order valence-electron chi connectivity index (χ2n) is 11.5. The van der Waals surface area contributed by atoms with Crippen molar-refractivity contribution in [3.63, 3.8) is 0 Å². The quantitative estimate of drug-likeness (QED) is 0.210. The number of aryl methyl sites for hydroxylation is 4. The number of fused-ring (bicyclic) bond motifs is 3. The Kier molecular flexibility index (Phi) is 6.40. The molecular weight excluding hydrogens is 508 g/mol. The largest absolute Gasteiger partial charge is 0.311 e. The fourth-order valence-corrected chi connectivity index (χ4v) is 5.97. The predicted molar refractivity (Wildman–Crippen MR) is 180 cm³/mol. The summed E-state index contributed by atoms with van der Waals surface area (Å²) in [6.07, 6.45) is 0. The van der Waals surface area contributed by atoms with Gasteiger partial charge in [-0.15, -0.1) is 0 Å². The van der Waals surface area contributed by atoms with Crippen LogP contribution in [0.15, 0.2) is 133 Å². The van der Waals surface area contributed by atoms with Gasteiger partial charge in [-0.25, -0.2) is 0 Å². The zero-order valence-corrected chi connectivity index (χ0v) is 24.6. The van der Waals surface area contributed by atoms with E-state index in [4.69, 9.17) is 0 Å². The van der Waals surface area contributed by atoms with E-state index in [2.05, 4.69) is 171 Å². The Morgan fingerprint density at radius 1 is 0.381 bits per heavy atom. The lowest BCUT2D eigenvalue weighted by Crippen LogP contribution is -2.09. The number of nitrogens with zero attached hydrogens (tertiary/aromatic N) is 2. The van der Waals surface area contributed by atoms with Gasteiger partial charge >= 0.3 is 0 Å². The maximum Gasteiger partial charge on any atom is 0.0541 e. The van der Waals surface area contributed by atoms with Crippen LogP contribution in [0.2, 0.25) is 0 Å². The molecule has 42 heavy (non-hydrogen) atoms. The fraction of sp³-hybridized carbons (Fsp3) is 0.100. The summed E-state index contributed by atoms with van der Waals surface area (Å²) >= 11 is 0. The molecule has 0 aliphatic heterocycles. The summed E-state index contributed by atoms with van der Waals surface area (Å²) in [4.78, 5) is 2.32. The topological polar surface area (TPSA) is 8.17 Å². The molecule has 1 aromatic heterocycles. The number of rotatable bonds is 5. The molecule has 2 heteroatoms. The Balaban J connectivity index is 1.24. The standard InChI is InChI=1S/C40H34N2/c1-27-5-15-33(16-6-27)41(34-17-7-28(2)8-18-34)35-19-11-31(12-20-35)32-13-21-36(22-14-32)42-39-23-9-29(3)25-37(39)38-26-30(4)10-24-40(38)42/h5-26H,1-4H3. The third-order valence-corrected chi connectivity index (χ3v) is 8.24. The van der Waals surface area contributed by atoms with Gasteiger partial charge in [0.1, 0.15) is 0 Å². The normalized spacial score (nSPS) is 11.3. The maximum atomic E-state index is 2.39. The van der Waals surface area contributed by atoms with Crippen LogP contribution in [0.5, 0.6) is 0 Å². The van der Waals surface area contributed by atoms with Crippen molar-refractivity contribution in [1.29, 1.82) is 0 Å². The molecular formula is C40H34N2. The van der Waals surface area contributed by atoms with Crippen molar-refractivity contribution in [2.24, 2.45) is 0 Å². The average molecular weight is 543 g/mol. The first-order valence-corrected chi connectivity index (χ1v) is 14.6. The molecule has 7 aromatic rings. The van der Waals surface area contributed by atoms with Gasteiger partial charge in [-0.1, -0.05) is 82.9 Å². The molecule has 204 valence electrons. The van der Waals surface area contributed by atoms with Crippen LogP contribution in [0.4, 0.5) is 17.1 Å². The minimum atomic E-state index is 1.14. The van der Waals surface area contributed by atoms with Crippen LogP contribution in [0.1, 0.15) is 22.3 Å². The van der Waals surface area contributed by atoms with Crippen LogP contribution < -0.4 is 4.90 Å². The van der Waals surface area contributed by atoms with Crippen molar-refractivity contribution in [3.05, 3.63) is 156 Å². The van der Waals surface area contributed by atoms with Crippen molar-refractivity contribution in [2.75, 3.05) is 4.90 Å². The highest BCUT2D eigenvalue weighted by molar-refractivity contribution is 6.09. The van der Waals surface area contributed by atoms with Gasteiger partial charge in [-0.3, -0.25) is 0 Å². The maximum absolute atomic E-state index is 2.39. The predicted octanol–water partition coefficient (Wildman–Crippen LogP) is 11.2. The SMILES string of the molecule is Cc1ccc(N(c2ccc(C)cc2)c2ccc(-c3ccc(-n4c5ccc(C)cc5c5cc(C)ccc54)cc3)cc2)cc1. The molecule has 0 spiro atoms. The Bertz CT molecular complexity index is 1920. The molecule has 1 heterocycles. The van der Waals surface area contributed by atoms with Crippen LogP contribution in [0.25, 0.3) is 38.6 Å². The van der Waals surface area contributed by atoms with Crippen LogP contribution in [0, 0.1) is 27.7 Å². The molecule has 0 saturated heterocycles. The summed E-state index contributed by atoms with van der Waals surface area (Å²) < 4.78 is 2.39. The lowest BCUT2D eigenvalue weighted by molar-refractivity contribution is 1.18. The molecule has 0 radical (unpaired) electrons. The Labute approximate surface area is 248 Å². The number of hydrogen-bond donors (Lipinski definition) is 0. The summed E-state index contributed by atoms with van der Waals surface area (Å²) in [7, 11) is 0. The molecule has 7 rings (SSSR count). The highest BCUT2D eigenvalue weighted by Crippen LogP contribution is 2.37. The first kappa shape index (κ1) is 25.9. The molecule has 0 fully saturated rings. The van der Waals surface area contributed by atoms with Gasteiger partial charge in [0.15, 0.2) is 0 Å². The van der Waals surface area contributed by atoms with Gasteiger partial charge in [0.25, 0.3) is 0 Å². The van der Waals surface area contributed by atoms with Crippen molar-refractivity contribution >= 4 is 38.9 Å². The van der Waals surface area contributed by atoms with Crippen molar-refractivity contribution < 1.29 is 0 Å². The summed E-state index contributed by atoms with van der Waals surface area (Å²) in [6, 6.07) is 48.9. The monoisotopic (exact) mass is 542 g/mol. The minimum Gasteiger partial charge on any atom is -0.311 e. The van der Waals surface area contributed by atoms with Crippen LogP contribution >= 0.6 is 0 Å². The molecule has 0 amide bonds. The third-order valence-electron chi connectivity index (χ3n) is 8.24. The van der Waals surface area contributed by atoms with E-state index in [0.717, 1.165) is 17.1 Å². The molecule has 0 aliphatic carbocycles. The highest BCUT2D eigenvalue weighted by atomic mass is 15.1. The van der Waals surface area contributed by atoms with Crippen molar-refractivity contribution in [2.45, 2.75) is 27.7 Å². The lowest BCUT2D eigenvalue weighted by atomic mass is 10.0. The van der Waals surface area contributed by atoms with Crippen LogP contribution in [0.3, 0.4) is 0 Å². The Morgan fingerprint density at radius 2 is 0.738 bits per heavy atom. The molecule has 0 bridgehead atoms. The number of anilines is 3. The van der Waals surface area contributed by atoms with E-state index in [0.29, 0.717) is 0 Å². The molecule has 0 unspecified atom stereocenters. The summed E-state index contributed by atoms with van der Waals surface area (Å²) in [5.74, 6) is 0. The third kappa shape index (κ3) is 4.65. The Morgan fingerprint density at radius 3 is 1.17 bits per heavy atom. The molecule has 0 aliphatic rings. The van der Waals surface area contributed by atoms with E-state index in [1.807, 2.05) is 0 Å². The van der Waals surface area contributed by atoms with E-state index in [1.54, 1.807) is 0 Å². The summed E-state index contributed by atoms with van der Waals surface area (Å²) in [6.45, 7) is 8.59. The van der Waals surface area contributed by atoms with Gasteiger partial charge in [0, 0.05) is 33.5 Å². The summed E-state index contributed by atoms with van der Waals surface area (Å²) in [5.41, 5.74) is 14.6. The van der Waals surface area contributed by atoms with Crippen LogP contribution in [-0.2, 0) is 0 Å². The van der Waals surface area contributed by atoms with E-state index < -0.39 is 0 Å². The van der Waals surface area contributed by atoms with E-state index >= 15 is 0 Å². The molecule has 0 atom stereocenters. The Hall–Kier alpha value is -5.08. The van der Waals surface area contributed by atoms with Crippen molar-refractivity contribution in [1.82, 2.24) is 4.57 Å². The molecule has 0 N–H and O–H groups in total. The van der Waals surface area contributed by atoms with E-state index in [9.17, 15) is 0 Å². The second-order valence-corrected chi connectivity index (χ2v) is 11.5. The number of benzene rings is 6. The van der Waals surface area contributed by atoms with E-state index in [1.165, 1.54) is 60.9 Å². The van der Waals surface area contributed by atoms with Gasteiger partial charge in [0.2, 0.25) is 0 Å². The van der Waals surface area contributed by atoms with Gasteiger partial charge in [0.05, 0.1) is 11.0 Å². The second kappa shape index (κ2) is 10.4. The van der Waals surface area contributed by atoms with Crippen molar-refractivity contribution in [3.8, 4) is 16.8 Å². The minimum absolute atomic E-state index is 1.14. The fourth-order valence-electron chi connectivity index (χ4n) is 5.97. The first-order chi connectivity index (χ1) is 20.4. The number of hydrogen-bond acceptors (Lipinski definition) is 1. The average Bonchev–Trinajstić information content (AvgIpc) is 3.32. The number of aromatic nitrogens is 1. The lowest BCUT2D eigenvalue weighted by Gasteiger charge is -2.26. The molecule has 0 saturated carbocycles. The highest BCUT2D eigenvalue weighted by Gasteiger charge is 2.14. The summed E-state index contributed by atoms with van der Waals surface area (Å²) in [5, 5.41) is 2.61. The molecule has 6 aromatic carbocycles. The smallest absolute Gasteiger partial charge is 0.0541 e. The molecule has 2 nitrogen and oxygen atoms in total. The van der Waals surface area contributed by atoms with Crippen LogP contribution in [-0.4, -0.2) is 4.57 Å². The van der Waals surface area contributed by atoms with Gasteiger partial charge in [-0.05, 0) is 112 Å². The van der Waals surface area contributed by atoms with E-state index in [-0.39, 0.29) is 0 Å². The first-order valence-electron chi connectivity index (χ1n) is 14.6. The zero-order valence-electron chi connectivity index (χ0n) is 24.6. The zero-order chi connectivity index (χ0) is 28.8.